The number of allylic oxidation sites excluding steroid dienone is 1. The van der Waals surface area contributed by atoms with Crippen LogP contribution in [0.5, 0.6) is 0 Å². The normalized spacial score (nSPS) is 54.2. The number of fused-ring (bicyclic) bond motifs is 6. The van der Waals surface area contributed by atoms with Gasteiger partial charge in [0.25, 0.3) is 11.9 Å². The van der Waals surface area contributed by atoms with Crippen molar-refractivity contribution in [3.05, 3.63) is 59.6 Å². The first kappa shape index (κ1) is 60.7. The molecule has 25 heteroatoms. The minimum Gasteiger partial charge on any atom is -0.511 e. The second-order valence-electron chi connectivity index (χ2n) is 30.8. The number of aliphatic carboxylic acids is 1. The molecular formula is C65H80O25. The predicted octanol–water partition coefficient (Wildman–Crippen LogP) is 5.58. The number of rotatable bonds is 11. The molecular weight excluding hydrogens is 1180 g/mol. The quantitative estimate of drug-likeness (QED) is 0.0691. The van der Waals surface area contributed by atoms with Gasteiger partial charge in [0.1, 0.15) is 46.0 Å². The van der Waals surface area contributed by atoms with Crippen LogP contribution in [0.4, 0.5) is 0 Å². The number of carbonyl (C=O) groups excluding carboxylic acids is 5. The van der Waals surface area contributed by atoms with Gasteiger partial charge in [0.05, 0.1) is 56.4 Å². The van der Waals surface area contributed by atoms with Crippen molar-refractivity contribution in [2.75, 3.05) is 7.11 Å². The molecule has 0 radical (unpaired) electrons. The van der Waals surface area contributed by atoms with Crippen LogP contribution in [0.2, 0.25) is 0 Å². The highest BCUT2D eigenvalue weighted by Crippen LogP contribution is 2.92. The number of methoxy groups -OCH3 is 1. The van der Waals surface area contributed by atoms with Crippen molar-refractivity contribution in [2.45, 2.75) is 234 Å². The van der Waals surface area contributed by atoms with Gasteiger partial charge in [-0.2, -0.15) is 0 Å². The Hall–Kier alpha value is -5.48. The lowest BCUT2D eigenvalue weighted by atomic mass is 9.33. The van der Waals surface area contributed by atoms with Crippen LogP contribution in [-0.2, 0) is 80.9 Å². The third-order valence-electron chi connectivity index (χ3n) is 27.0. The molecule has 0 aromatic carbocycles. The molecule has 6 saturated heterocycles. The second-order valence-corrected chi connectivity index (χ2v) is 30.8. The number of carboxylic acid groups (broad SMARTS) is 1. The van der Waals surface area contributed by atoms with Crippen molar-refractivity contribution in [2.24, 2.45) is 62.1 Å². The molecule has 26 unspecified atom stereocenters. The molecule has 0 amide bonds. The molecule has 90 heavy (non-hydrogen) atoms. The van der Waals surface area contributed by atoms with Gasteiger partial charge in [0, 0.05) is 102 Å². The summed E-state index contributed by atoms with van der Waals surface area (Å²) in [4.78, 5) is 79.5. The van der Waals surface area contributed by atoms with Gasteiger partial charge in [-0.05, 0) is 62.5 Å². The highest BCUT2D eigenvalue weighted by atomic mass is 16.9. The van der Waals surface area contributed by atoms with Gasteiger partial charge in [-0.25, -0.2) is 4.79 Å². The zero-order valence-electron chi connectivity index (χ0n) is 52.6. The van der Waals surface area contributed by atoms with E-state index in [1.165, 1.54) is 46.0 Å². The van der Waals surface area contributed by atoms with Crippen LogP contribution in [-0.4, -0.2) is 155 Å². The molecule has 8 bridgehead atoms. The van der Waals surface area contributed by atoms with Gasteiger partial charge in [-0.3, -0.25) is 24.0 Å². The summed E-state index contributed by atoms with van der Waals surface area (Å²) in [6.45, 7) is 20.4. The van der Waals surface area contributed by atoms with Crippen molar-refractivity contribution in [1.82, 2.24) is 0 Å². The first-order chi connectivity index (χ1) is 41.8. The fraction of sp³-hybridized carbons (Fsp3) is 0.754. The number of aliphatic hydroxyl groups excluding tert-OH is 3. The molecule has 8 saturated carbocycles. The fourth-order valence-electron chi connectivity index (χ4n) is 24.5. The summed E-state index contributed by atoms with van der Waals surface area (Å²) in [6, 6.07) is 3.34. The molecule has 6 spiro atoms. The first-order valence-electron chi connectivity index (χ1n) is 31.3. The molecule has 16 rings (SSSR count). The highest BCUT2D eigenvalue weighted by Gasteiger charge is 3.06. The average Bonchev–Trinajstić information content (AvgIpc) is 1.52. The summed E-state index contributed by atoms with van der Waals surface area (Å²) in [5, 5.41) is 72.2. The van der Waals surface area contributed by atoms with E-state index in [0.29, 0.717) is 24.0 Å². The molecule has 14 aliphatic rings. The molecule has 6 aliphatic heterocycles. The Bertz CT molecular complexity index is 3570. The number of carboxylic acids is 1. The van der Waals surface area contributed by atoms with E-state index >= 15 is 0 Å². The Kier molecular flexibility index (Phi) is 11.6. The topological polar surface area (TPSA) is 352 Å². The maximum absolute atomic E-state index is 14.7. The van der Waals surface area contributed by atoms with E-state index in [1.54, 1.807) is 46.8 Å². The number of hydrogen-bond acceptors (Lipinski definition) is 24. The van der Waals surface area contributed by atoms with E-state index in [-0.39, 0.29) is 56.3 Å². The minimum atomic E-state index is -2.25. The van der Waals surface area contributed by atoms with E-state index in [0.717, 1.165) is 0 Å². The van der Waals surface area contributed by atoms with Crippen LogP contribution in [0.25, 0.3) is 0 Å². The lowest BCUT2D eigenvalue weighted by molar-refractivity contribution is -0.479. The maximum atomic E-state index is 14.7. The van der Waals surface area contributed by atoms with Crippen LogP contribution in [0, 0.1) is 62.1 Å². The Morgan fingerprint density at radius 1 is 0.667 bits per heavy atom. The molecule has 2 aromatic heterocycles. The number of furan rings is 2. The SMILES string of the molecule is CC12OC34C5CC(=O)OC3C3(O)C(O)C6(C)CC3(O1)C(C)(C6CC(=O)O)C4(CCC5(C)C(O)c1ccoc1)O2.COC(=O)CC1C2(C)CC34OC5(C)OC67C(/C(=C(/O)C(C)C)C(=O)OC6C3(O)C2OC(C)=O)C(C)(C(OC(C)=O)c2ccoc2)CCC7(O5)C14C. The molecule has 490 valence electrons. The summed E-state index contributed by atoms with van der Waals surface area (Å²) in [7, 11) is 1.29. The number of aliphatic hydroxyl groups is 5. The first-order valence-corrected chi connectivity index (χ1v) is 31.3. The Labute approximate surface area is 517 Å². The largest absolute Gasteiger partial charge is 0.511 e. The standard InChI is InChI=1S/C37H46O14.C28H34O11/c1-17(2)24(41)23-25-30(5,26(46-18(3)38)20-10-13-45-15-20)11-12-34-32(7)21(14-22(40)44-9)31(6)16-35(32)36(43,28(31)47-19(4)39)29(48-27(23)42)37(25,34)51-33(8,49-34)50-35;1-21(18(32)13-5-8-35-11-13)6-7-25-23(3)14(9-16(29)30)22(2)12-26(23)27(34,19(22)33)20-28(25,15(21)10-17(31)36-20)39-24(4,37-25)38-26/h10,13,15,17,21,25-26,28-29,41,43H,11-12,14,16H2,1-9H3;5,8,11,14-15,18-20,32-34H,6-7,9-10,12H2,1-4H3,(H,29,30)/b24-23-;. The van der Waals surface area contributed by atoms with Gasteiger partial charge in [-0.1, -0.05) is 55.4 Å². The van der Waals surface area contributed by atoms with Crippen molar-refractivity contribution in [3.8, 4) is 0 Å². The molecule has 6 N–H and O–H groups in total. The molecule has 26 atom stereocenters. The number of carbonyl (C=O) groups is 6. The van der Waals surface area contributed by atoms with E-state index in [2.05, 4.69) is 0 Å². The van der Waals surface area contributed by atoms with Crippen LogP contribution >= 0.6 is 0 Å². The minimum absolute atomic E-state index is 0.105. The molecule has 25 nitrogen and oxygen atoms in total. The third-order valence-corrected chi connectivity index (χ3v) is 27.0. The van der Waals surface area contributed by atoms with Gasteiger partial charge in [0.2, 0.25) is 0 Å². The predicted molar refractivity (Wildman–Crippen MR) is 296 cm³/mol. The number of esters is 5. The molecule has 8 heterocycles. The second kappa shape index (κ2) is 17.3. The molecule has 14 fully saturated rings. The van der Waals surface area contributed by atoms with Crippen molar-refractivity contribution < 1.29 is 120 Å². The van der Waals surface area contributed by atoms with E-state index in [1.807, 2.05) is 34.6 Å². The Morgan fingerprint density at radius 2 is 1.20 bits per heavy atom. The van der Waals surface area contributed by atoms with Crippen LogP contribution in [0.3, 0.4) is 0 Å². The van der Waals surface area contributed by atoms with E-state index < -0.39 is 191 Å². The highest BCUT2D eigenvalue weighted by molar-refractivity contribution is 5.92. The fourth-order valence-corrected chi connectivity index (χ4v) is 24.5. The van der Waals surface area contributed by atoms with E-state index in [4.69, 9.17) is 60.9 Å². The Morgan fingerprint density at radius 3 is 1.76 bits per heavy atom. The van der Waals surface area contributed by atoms with Gasteiger partial charge in [0.15, 0.2) is 29.0 Å². The van der Waals surface area contributed by atoms with Gasteiger partial charge in [-0.15, -0.1) is 0 Å². The van der Waals surface area contributed by atoms with E-state index in [9.17, 15) is 59.4 Å². The summed E-state index contributed by atoms with van der Waals surface area (Å²) < 4.78 is 82.2. The van der Waals surface area contributed by atoms with Crippen LogP contribution in [0.15, 0.2) is 57.4 Å². The van der Waals surface area contributed by atoms with Gasteiger partial charge >= 0.3 is 35.8 Å². The summed E-state index contributed by atoms with van der Waals surface area (Å²) in [6.07, 6.45) is -1.12. The number of ether oxygens (including phenoxy) is 11. The Balaban J connectivity index is 0.000000155. The number of hydrogen-bond donors (Lipinski definition) is 6. The van der Waals surface area contributed by atoms with Crippen molar-refractivity contribution in [1.29, 1.82) is 0 Å². The van der Waals surface area contributed by atoms with Crippen molar-refractivity contribution >= 4 is 35.8 Å². The van der Waals surface area contributed by atoms with Crippen LogP contribution in [0.1, 0.15) is 164 Å². The summed E-state index contributed by atoms with van der Waals surface area (Å²) in [5.74, 6) is -11.9. The zero-order chi connectivity index (χ0) is 64.9. The zero-order valence-corrected chi connectivity index (χ0v) is 52.6. The average molecular weight is 1260 g/mol. The monoisotopic (exact) mass is 1260 g/mol. The molecule has 8 aliphatic carbocycles. The summed E-state index contributed by atoms with van der Waals surface area (Å²) >= 11 is 0. The maximum Gasteiger partial charge on any atom is 0.338 e. The molecule has 2 aromatic rings. The lowest BCUT2D eigenvalue weighted by Crippen LogP contribution is -2.94. The van der Waals surface area contributed by atoms with Crippen LogP contribution < -0.4 is 0 Å². The smallest absolute Gasteiger partial charge is 0.338 e. The summed E-state index contributed by atoms with van der Waals surface area (Å²) in [5.41, 5.74) is -19.5. The third kappa shape index (κ3) is 5.91. The van der Waals surface area contributed by atoms with Crippen molar-refractivity contribution in [3.63, 3.8) is 0 Å². The lowest BCUT2D eigenvalue weighted by Gasteiger charge is -2.77. The van der Waals surface area contributed by atoms with Gasteiger partial charge < -0.3 is 91.6 Å².